The first-order valence-corrected chi connectivity index (χ1v) is 9.40. The quantitative estimate of drug-likeness (QED) is 0.606. The van der Waals surface area contributed by atoms with Crippen molar-refractivity contribution in [3.05, 3.63) is 30.1 Å². The van der Waals surface area contributed by atoms with Crippen molar-refractivity contribution in [2.75, 3.05) is 13.2 Å². The highest BCUT2D eigenvalue weighted by molar-refractivity contribution is 5.85. The topological polar surface area (TPSA) is 106 Å². The Balaban J connectivity index is 0.00000196. The number of hydrogen-bond donors (Lipinski definition) is 3. The van der Waals surface area contributed by atoms with E-state index in [1.54, 1.807) is 12.4 Å². The number of rotatable bonds is 7. The van der Waals surface area contributed by atoms with Crippen molar-refractivity contribution in [3.63, 3.8) is 0 Å². The fourth-order valence-corrected chi connectivity index (χ4v) is 4.24. The van der Waals surface area contributed by atoms with Gasteiger partial charge in [0.15, 0.2) is 0 Å². The molecule has 28 heavy (non-hydrogen) atoms. The molecule has 2 unspecified atom stereocenters. The molecule has 2 aliphatic rings. The van der Waals surface area contributed by atoms with Crippen LogP contribution in [0.5, 0.6) is 0 Å². The Morgan fingerprint density at radius 3 is 2.46 bits per heavy atom. The van der Waals surface area contributed by atoms with Gasteiger partial charge in [-0.2, -0.15) is 0 Å². The molecule has 2 fully saturated rings. The van der Waals surface area contributed by atoms with E-state index in [-0.39, 0.29) is 61.9 Å². The van der Waals surface area contributed by atoms with Gasteiger partial charge in [-0.15, -0.1) is 24.8 Å². The van der Waals surface area contributed by atoms with Crippen LogP contribution in [0.1, 0.15) is 37.7 Å². The molecule has 0 saturated heterocycles. The molecule has 1 aromatic rings. The number of aromatic nitrogens is 1. The van der Waals surface area contributed by atoms with Crippen molar-refractivity contribution >= 4 is 36.6 Å². The molecule has 1 heterocycles. The van der Waals surface area contributed by atoms with Crippen LogP contribution in [-0.2, 0) is 20.9 Å². The van der Waals surface area contributed by atoms with Gasteiger partial charge in [0.1, 0.15) is 13.2 Å². The number of carbonyl (C=O) groups excluding carboxylic acids is 2. The van der Waals surface area contributed by atoms with Gasteiger partial charge in [0.2, 0.25) is 11.8 Å². The Kier molecular flexibility index (Phi) is 10.7. The number of hydrogen-bond acceptors (Lipinski definition) is 5. The summed E-state index contributed by atoms with van der Waals surface area (Å²) in [6.45, 7) is 0.173. The van der Waals surface area contributed by atoms with Crippen LogP contribution in [-0.4, -0.2) is 42.1 Å². The lowest BCUT2D eigenvalue weighted by Crippen LogP contribution is -2.54. The smallest absolute Gasteiger partial charge is 0.246 e. The summed E-state index contributed by atoms with van der Waals surface area (Å²) in [5.41, 5.74) is 7.03. The highest BCUT2D eigenvalue weighted by Crippen LogP contribution is 2.39. The van der Waals surface area contributed by atoms with Crippen LogP contribution >= 0.6 is 24.8 Å². The fraction of sp³-hybridized carbons (Fsp3) is 0.632. The van der Waals surface area contributed by atoms with Crippen molar-refractivity contribution in [1.82, 2.24) is 15.6 Å². The number of nitrogens with zero attached hydrogens (tertiary/aromatic N) is 1. The second-order valence-electron chi connectivity index (χ2n) is 7.41. The number of nitrogens with one attached hydrogen (secondary N) is 2. The van der Waals surface area contributed by atoms with Gasteiger partial charge in [0.25, 0.3) is 0 Å². The first kappa shape index (κ1) is 24.6. The van der Waals surface area contributed by atoms with E-state index in [9.17, 15) is 9.59 Å². The summed E-state index contributed by atoms with van der Waals surface area (Å²) < 4.78 is 5.27. The number of pyridine rings is 1. The van der Waals surface area contributed by atoms with Crippen molar-refractivity contribution in [1.29, 1.82) is 0 Å². The van der Waals surface area contributed by atoms with E-state index < -0.39 is 0 Å². The Bertz CT molecular complexity index is 606. The predicted octanol–water partition coefficient (Wildman–Crippen LogP) is 1.58. The van der Waals surface area contributed by atoms with Gasteiger partial charge in [-0.05, 0) is 49.1 Å². The lowest BCUT2D eigenvalue weighted by atomic mass is 9.67. The number of nitrogens with two attached hydrogens (primary N) is 1. The molecular formula is C19H30Cl2N4O3. The van der Waals surface area contributed by atoms with E-state index in [4.69, 9.17) is 10.5 Å². The van der Waals surface area contributed by atoms with E-state index in [1.165, 1.54) is 6.42 Å². The maximum absolute atomic E-state index is 12.2. The molecule has 2 aliphatic carbocycles. The fourth-order valence-electron chi connectivity index (χ4n) is 4.24. The van der Waals surface area contributed by atoms with Gasteiger partial charge in [-0.25, -0.2) is 0 Å². The summed E-state index contributed by atoms with van der Waals surface area (Å²) in [4.78, 5) is 27.9. The second kappa shape index (κ2) is 12.2. The van der Waals surface area contributed by atoms with Gasteiger partial charge >= 0.3 is 0 Å². The molecule has 1 aromatic heterocycles. The Labute approximate surface area is 178 Å². The van der Waals surface area contributed by atoms with E-state index in [0.29, 0.717) is 18.4 Å². The molecule has 2 bridgehead atoms. The molecule has 2 amide bonds. The van der Waals surface area contributed by atoms with Crippen LogP contribution in [0.2, 0.25) is 0 Å². The first-order chi connectivity index (χ1) is 12.6. The summed E-state index contributed by atoms with van der Waals surface area (Å²) in [5.74, 6) is 0.554. The van der Waals surface area contributed by atoms with Crippen molar-refractivity contribution < 1.29 is 14.3 Å². The Morgan fingerprint density at radius 2 is 1.82 bits per heavy atom. The van der Waals surface area contributed by atoms with Gasteiger partial charge in [-0.3, -0.25) is 14.6 Å². The minimum Gasteiger partial charge on any atom is -0.362 e. The molecule has 2 atom stereocenters. The zero-order valence-electron chi connectivity index (χ0n) is 15.8. The van der Waals surface area contributed by atoms with Crippen LogP contribution in [0.4, 0.5) is 0 Å². The molecule has 0 radical (unpaired) electrons. The van der Waals surface area contributed by atoms with Gasteiger partial charge < -0.3 is 21.1 Å². The number of halogens is 2. The van der Waals surface area contributed by atoms with Crippen molar-refractivity contribution in [2.45, 2.75) is 50.7 Å². The monoisotopic (exact) mass is 432 g/mol. The summed E-state index contributed by atoms with van der Waals surface area (Å²) in [6, 6.07) is 4.17. The van der Waals surface area contributed by atoms with Crippen LogP contribution in [0.15, 0.2) is 24.5 Å². The zero-order chi connectivity index (χ0) is 18.4. The Morgan fingerprint density at radius 1 is 1.14 bits per heavy atom. The molecule has 0 aliphatic heterocycles. The van der Waals surface area contributed by atoms with Gasteiger partial charge in [0, 0.05) is 31.0 Å². The molecular weight excluding hydrogens is 403 g/mol. The molecule has 0 spiro atoms. The molecule has 0 aromatic carbocycles. The highest BCUT2D eigenvalue weighted by atomic mass is 35.5. The van der Waals surface area contributed by atoms with E-state index >= 15 is 0 Å². The maximum atomic E-state index is 12.2. The van der Waals surface area contributed by atoms with Gasteiger partial charge in [0.05, 0.1) is 0 Å². The molecule has 4 N–H and O–H groups in total. The average molecular weight is 433 g/mol. The standard InChI is InChI=1S/C19H28N4O3.2ClH/c20-16-7-14-4-1-5-15(8-16)19(14)23-18(25)12-26-11-17(24)22-10-13-3-2-6-21-9-13;;/h2-3,6,9,14-16,19H,1,4-5,7-8,10-12,20H2,(H,22,24)(H,23,25);2*1H. The maximum Gasteiger partial charge on any atom is 0.246 e. The van der Waals surface area contributed by atoms with Crippen molar-refractivity contribution in [2.24, 2.45) is 17.6 Å². The summed E-state index contributed by atoms with van der Waals surface area (Å²) in [6.07, 6.45) is 8.84. The van der Waals surface area contributed by atoms with Crippen LogP contribution in [0.3, 0.4) is 0 Å². The summed E-state index contributed by atoms with van der Waals surface area (Å²) in [5, 5.41) is 5.86. The lowest BCUT2D eigenvalue weighted by molar-refractivity contribution is -0.132. The minimum absolute atomic E-state index is 0. The predicted molar refractivity (Wildman–Crippen MR) is 111 cm³/mol. The van der Waals surface area contributed by atoms with E-state index in [1.807, 2.05) is 12.1 Å². The summed E-state index contributed by atoms with van der Waals surface area (Å²) in [7, 11) is 0. The van der Waals surface area contributed by atoms with E-state index in [0.717, 1.165) is 31.2 Å². The normalized spacial score (nSPS) is 25.6. The van der Waals surface area contributed by atoms with Crippen LogP contribution in [0, 0.1) is 11.8 Å². The SMILES string of the molecule is Cl.Cl.NC1CC2CCCC(C1)C2NC(=O)COCC(=O)NCc1cccnc1. The van der Waals surface area contributed by atoms with Crippen LogP contribution in [0.25, 0.3) is 0 Å². The van der Waals surface area contributed by atoms with E-state index in [2.05, 4.69) is 15.6 Å². The molecule has 158 valence electrons. The number of carbonyl (C=O) groups is 2. The third-order valence-corrected chi connectivity index (χ3v) is 5.38. The third kappa shape index (κ3) is 7.20. The van der Waals surface area contributed by atoms with Gasteiger partial charge in [-0.1, -0.05) is 12.5 Å². The number of fused-ring (bicyclic) bond motifs is 2. The third-order valence-electron chi connectivity index (χ3n) is 5.38. The number of amides is 2. The Hall–Kier alpha value is -1.41. The van der Waals surface area contributed by atoms with Crippen molar-refractivity contribution in [3.8, 4) is 0 Å². The molecule has 3 rings (SSSR count). The zero-order valence-corrected chi connectivity index (χ0v) is 17.5. The molecule has 9 heteroatoms. The lowest BCUT2D eigenvalue weighted by Gasteiger charge is -2.45. The number of ether oxygens (including phenoxy) is 1. The average Bonchev–Trinajstić information content (AvgIpc) is 2.62. The minimum atomic E-state index is -0.248. The van der Waals surface area contributed by atoms with Crippen LogP contribution < -0.4 is 16.4 Å². The summed E-state index contributed by atoms with van der Waals surface area (Å²) >= 11 is 0. The highest BCUT2D eigenvalue weighted by Gasteiger charge is 2.39. The largest absolute Gasteiger partial charge is 0.362 e. The molecule has 2 saturated carbocycles. The second-order valence-corrected chi connectivity index (χ2v) is 7.41. The molecule has 7 nitrogen and oxygen atoms in total. The first-order valence-electron chi connectivity index (χ1n) is 9.40.